The predicted molar refractivity (Wildman–Crippen MR) is 75.4 cm³/mol. The maximum absolute atomic E-state index is 6.14. The number of nitrogen functional groups attached to an aromatic ring is 1. The molecular weight excluding hydrogens is 210 g/mol. The van der Waals surface area contributed by atoms with Gasteiger partial charge in [-0.15, -0.1) is 0 Å². The van der Waals surface area contributed by atoms with Crippen LogP contribution in [0.2, 0.25) is 0 Å². The summed E-state index contributed by atoms with van der Waals surface area (Å²) in [5.74, 6) is 0.952. The Kier molecular flexibility index (Phi) is 5.26. The molecule has 0 aliphatic rings. The van der Waals surface area contributed by atoms with Crippen LogP contribution in [0, 0.1) is 6.92 Å². The molecule has 17 heavy (non-hydrogen) atoms. The number of rotatable bonds is 6. The van der Waals surface area contributed by atoms with E-state index in [2.05, 4.69) is 30.7 Å². The lowest BCUT2D eigenvalue weighted by molar-refractivity contribution is 0.590. The Balaban J connectivity index is 2.99. The van der Waals surface area contributed by atoms with Gasteiger partial charge in [-0.25, -0.2) is 4.98 Å². The van der Waals surface area contributed by atoms with E-state index < -0.39 is 0 Å². The van der Waals surface area contributed by atoms with E-state index in [0.29, 0.717) is 6.04 Å². The van der Waals surface area contributed by atoms with Crippen molar-refractivity contribution in [1.82, 2.24) is 4.98 Å². The second kappa shape index (κ2) is 6.48. The fourth-order valence-electron chi connectivity index (χ4n) is 1.87. The summed E-state index contributed by atoms with van der Waals surface area (Å²) >= 11 is 0. The average Bonchev–Trinajstić information content (AvgIpc) is 2.34. The van der Waals surface area contributed by atoms with E-state index in [1.807, 2.05) is 19.2 Å². The van der Waals surface area contributed by atoms with Crippen molar-refractivity contribution in [3.63, 3.8) is 0 Å². The molecule has 2 N–H and O–H groups in total. The summed E-state index contributed by atoms with van der Waals surface area (Å²) in [7, 11) is 0. The summed E-state index contributed by atoms with van der Waals surface area (Å²) in [6.07, 6.45) is 5.33. The quantitative estimate of drug-likeness (QED) is 0.822. The van der Waals surface area contributed by atoms with Gasteiger partial charge in [0, 0.05) is 18.8 Å². The molecule has 1 unspecified atom stereocenters. The predicted octanol–water partition coefficient (Wildman–Crippen LogP) is 3.38. The summed E-state index contributed by atoms with van der Waals surface area (Å²) < 4.78 is 0. The average molecular weight is 235 g/mol. The SMILES string of the molecule is CCCCN(c1nccc(C)c1N)C(C)CC. The highest BCUT2D eigenvalue weighted by molar-refractivity contribution is 5.66. The number of hydrogen-bond donors (Lipinski definition) is 1. The standard InChI is InChI=1S/C14H25N3/c1-5-7-10-17(12(4)6-2)14-13(15)11(3)8-9-16-14/h8-9,12H,5-7,10,15H2,1-4H3. The molecule has 1 aromatic heterocycles. The number of unbranched alkanes of at least 4 members (excludes halogenated alkanes) is 1. The Labute approximate surface area is 105 Å². The highest BCUT2D eigenvalue weighted by Crippen LogP contribution is 2.26. The molecule has 0 amide bonds. The molecule has 0 aliphatic carbocycles. The van der Waals surface area contributed by atoms with Gasteiger partial charge in [-0.05, 0) is 38.3 Å². The lowest BCUT2D eigenvalue weighted by Gasteiger charge is -2.31. The Morgan fingerprint density at radius 2 is 2.12 bits per heavy atom. The van der Waals surface area contributed by atoms with Crippen LogP contribution < -0.4 is 10.6 Å². The Hall–Kier alpha value is -1.25. The van der Waals surface area contributed by atoms with Crippen LogP contribution in [-0.2, 0) is 0 Å². The van der Waals surface area contributed by atoms with Gasteiger partial charge in [0.15, 0.2) is 5.82 Å². The maximum atomic E-state index is 6.14. The van der Waals surface area contributed by atoms with E-state index in [1.165, 1.54) is 12.8 Å². The van der Waals surface area contributed by atoms with E-state index in [-0.39, 0.29) is 0 Å². The smallest absolute Gasteiger partial charge is 0.152 e. The van der Waals surface area contributed by atoms with Crippen molar-refractivity contribution >= 4 is 11.5 Å². The van der Waals surface area contributed by atoms with Crippen molar-refractivity contribution in [2.24, 2.45) is 0 Å². The zero-order chi connectivity index (χ0) is 12.8. The molecule has 3 heteroatoms. The van der Waals surface area contributed by atoms with Gasteiger partial charge in [0.25, 0.3) is 0 Å². The Morgan fingerprint density at radius 1 is 1.41 bits per heavy atom. The second-order valence-corrected chi connectivity index (χ2v) is 4.67. The molecule has 0 fully saturated rings. The molecule has 3 nitrogen and oxygen atoms in total. The normalized spacial score (nSPS) is 12.5. The van der Waals surface area contributed by atoms with Gasteiger partial charge in [-0.3, -0.25) is 0 Å². The number of aryl methyl sites for hydroxylation is 1. The van der Waals surface area contributed by atoms with Gasteiger partial charge in [0.2, 0.25) is 0 Å². The fraction of sp³-hybridized carbons (Fsp3) is 0.643. The minimum Gasteiger partial charge on any atom is -0.396 e. The Bertz CT molecular complexity index is 349. The molecule has 0 aromatic carbocycles. The van der Waals surface area contributed by atoms with Gasteiger partial charge in [-0.2, -0.15) is 0 Å². The van der Waals surface area contributed by atoms with Crippen LogP contribution in [0.5, 0.6) is 0 Å². The maximum Gasteiger partial charge on any atom is 0.152 e. The van der Waals surface area contributed by atoms with Gasteiger partial charge in [-0.1, -0.05) is 20.3 Å². The highest BCUT2D eigenvalue weighted by atomic mass is 15.2. The molecule has 1 atom stereocenters. The first-order chi connectivity index (χ1) is 8.11. The van der Waals surface area contributed by atoms with E-state index in [0.717, 1.165) is 30.0 Å². The van der Waals surface area contributed by atoms with Crippen LogP contribution in [0.3, 0.4) is 0 Å². The molecule has 0 radical (unpaired) electrons. The van der Waals surface area contributed by atoms with Crippen LogP contribution in [0.15, 0.2) is 12.3 Å². The van der Waals surface area contributed by atoms with Crippen LogP contribution in [-0.4, -0.2) is 17.6 Å². The number of nitrogens with two attached hydrogens (primary N) is 1. The lowest BCUT2D eigenvalue weighted by Crippen LogP contribution is -2.35. The molecule has 0 saturated carbocycles. The van der Waals surface area contributed by atoms with Gasteiger partial charge in [0.05, 0.1) is 5.69 Å². The summed E-state index contributed by atoms with van der Waals surface area (Å²) in [5, 5.41) is 0. The largest absolute Gasteiger partial charge is 0.396 e. The van der Waals surface area contributed by atoms with Crippen LogP contribution in [0.25, 0.3) is 0 Å². The molecule has 0 bridgehead atoms. The molecule has 0 aliphatic heterocycles. The van der Waals surface area contributed by atoms with E-state index >= 15 is 0 Å². The van der Waals surface area contributed by atoms with Crippen molar-refractivity contribution < 1.29 is 0 Å². The van der Waals surface area contributed by atoms with Crippen molar-refractivity contribution in [1.29, 1.82) is 0 Å². The molecule has 1 aromatic rings. The Morgan fingerprint density at radius 3 is 2.71 bits per heavy atom. The lowest BCUT2D eigenvalue weighted by atomic mass is 10.1. The summed E-state index contributed by atoms with van der Waals surface area (Å²) in [6.45, 7) is 9.72. The van der Waals surface area contributed by atoms with Gasteiger partial charge in [0.1, 0.15) is 0 Å². The third kappa shape index (κ3) is 3.35. The van der Waals surface area contributed by atoms with Gasteiger partial charge >= 0.3 is 0 Å². The van der Waals surface area contributed by atoms with E-state index in [1.54, 1.807) is 0 Å². The molecule has 1 rings (SSSR count). The fourth-order valence-corrected chi connectivity index (χ4v) is 1.87. The molecule has 0 spiro atoms. The van der Waals surface area contributed by atoms with Crippen molar-refractivity contribution in [2.45, 2.75) is 53.0 Å². The molecule has 1 heterocycles. The third-order valence-electron chi connectivity index (χ3n) is 3.33. The van der Waals surface area contributed by atoms with Crippen LogP contribution in [0.1, 0.15) is 45.6 Å². The monoisotopic (exact) mass is 235 g/mol. The van der Waals surface area contributed by atoms with Crippen molar-refractivity contribution in [3.8, 4) is 0 Å². The topological polar surface area (TPSA) is 42.2 Å². The summed E-state index contributed by atoms with van der Waals surface area (Å²) in [5.41, 5.74) is 8.08. The first-order valence-corrected chi connectivity index (χ1v) is 6.59. The van der Waals surface area contributed by atoms with Crippen LogP contribution in [0.4, 0.5) is 11.5 Å². The number of aromatic nitrogens is 1. The number of nitrogens with zero attached hydrogens (tertiary/aromatic N) is 2. The van der Waals surface area contributed by atoms with Crippen LogP contribution >= 0.6 is 0 Å². The first kappa shape index (κ1) is 13.8. The summed E-state index contributed by atoms with van der Waals surface area (Å²) in [4.78, 5) is 6.80. The third-order valence-corrected chi connectivity index (χ3v) is 3.33. The van der Waals surface area contributed by atoms with E-state index in [9.17, 15) is 0 Å². The van der Waals surface area contributed by atoms with Gasteiger partial charge < -0.3 is 10.6 Å². The zero-order valence-corrected chi connectivity index (χ0v) is 11.5. The zero-order valence-electron chi connectivity index (χ0n) is 11.5. The molecular formula is C14H25N3. The number of anilines is 2. The minimum atomic E-state index is 0.484. The second-order valence-electron chi connectivity index (χ2n) is 4.67. The highest BCUT2D eigenvalue weighted by Gasteiger charge is 2.16. The molecule has 96 valence electrons. The molecule has 0 saturated heterocycles. The van der Waals surface area contributed by atoms with Crippen molar-refractivity contribution in [3.05, 3.63) is 17.8 Å². The summed E-state index contributed by atoms with van der Waals surface area (Å²) in [6, 6.07) is 2.45. The number of pyridine rings is 1. The van der Waals surface area contributed by atoms with Crippen molar-refractivity contribution in [2.75, 3.05) is 17.2 Å². The number of hydrogen-bond acceptors (Lipinski definition) is 3. The first-order valence-electron chi connectivity index (χ1n) is 6.59. The van der Waals surface area contributed by atoms with E-state index in [4.69, 9.17) is 5.73 Å². The minimum absolute atomic E-state index is 0.484.